The molecule has 1 radical (unpaired) electrons. The van der Waals surface area contributed by atoms with Crippen molar-refractivity contribution in [3.05, 3.63) is 23.8 Å². The Morgan fingerprint density at radius 1 is 1.25 bits per heavy atom. The number of carbonyl (C=O) groups is 3. The average Bonchev–Trinajstić information content (AvgIpc) is 2.89. The fraction of sp³-hybridized carbons (Fsp3) is 0.300. The molecule has 0 aliphatic heterocycles. The maximum absolute atomic E-state index is 8.96. The molecule has 2 N–H and O–H groups in total. The van der Waals surface area contributed by atoms with Crippen LogP contribution in [0.4, 0.5) is 0 Å². The van der Waals surface area contributed by atoms with Crippen LogP contribution in [0.15, 0.2) is 17.7 Å². The maximum atomic E-state index is 8.96. The molecule has 16 heavy (non-hydrogen) atoms. The van der Waals surface area contributed by atoms with E-state index in [9.17, 15) is 0 Å². The summed E-state index contributed by atoms with van der Waals surface area (Å²) in [6.07, 6.45) is 6.60. The van der Waals surface area contributed by atoms with Crippen molar-refractivity contribution in [2.24, 2.45) is 0 Å². The molecule has 0 fully saturated rings. The van der Waals surface area contributed by atoms with Gasteiger partial charge in [-0.05, 0) is 0 Å². The van der Waals surface area contributed by atoms with Crippen molar-refractivity contribution in [2.75, 3.05) is 6.61 Å². The molecule has 0 saturated carbocycles. The van der Waals surface area contributed by atoms with E-state index in [1.807, 2.05) is 26.4 Å². The van der Waals surface area contributed by atoms with Gasteiger partial charge in [-0.15, -0.1) is 6.42 Å². The van der Waals surface area contributed by atoms with Crippen LogP contribution in [-0.2, 0) is 31.5 Å². The van der Waals surface area contributed by atoms with Crippen LogP contribution in [0, 0.1) is 6.08 Å². The Bertz CT molecular complexity index is 189. The molecular weight excluding hydrogens is 255 g/mol. The Morgan fingerprint density at radius 3 is 1.94 bits per heavy atom. The molecule has 1 unspecified atom stereocenters. The first-order valence-electron chi connectivity index (χ1n) is 3.77. The van der Waals surface area contributed by atoms with Crippen LogP contribution in [0.5, 0.6) is 0 Å². The van der Waals surface area contributed by atoms with Gasteiger partial charge in [0, 0.05) is 17.1 Å². The van der Waals surface area contributed by atoms with Crippen LogP contribution in [0.25, 0.3) is 0 Å². The Morgan fingerprint density at radius 2 is 1.69 bits per heavy atom. The quantitative estimate of drug-likeness (QED) is 0.520. The van der Waals surface area contributed by atoms with Crippen molar-refractivity contribution >= 4 is 20.4 Å². The summed E-state index contributed by atoms with van der Waals surface area (Å²) in [6, 6.07) is 0. The number of aliphatic hydroxyl groups is 2. The van der Waals surface area contributed by atoms with E-state index in [-0.39, 0.29) is 23.7 Å². The van der Waals surface area contributed by atoms with Crippen LogP contribution in [0.1, 0.15) is 6.42 Å². The van der Waals surface area contributed by atoms with E-state index in [0.29, 0.717) is 5.57 Å². The summed E-state index contributed by atoms with van der Waals surface area (Å²) in [5, 5.41) is 17.4. The molecule has 6 heteroatoms. The molecule has 0 aromatic rings. The van der Waals surface area contributed by atoms with Crippen molar-refractivity contribution in [1.29, 1.82) is 0 Å². The van der Waals surface area contributed by atoms with E-state index in [1.54, 1.807) is 6.08 Å². The van der Waals surface area contributed by atoms with Gasteiger partial charge in [-0.2, -0.15) is 11.6 Å². The Labute approximate surface area is 105 Å². The summed E-state index contributed by atoms with van der Waals surface area (Å²) in [4.78, 5) is 24.0. The summed E-state index contributed by atoms with van der Waals surface area (Å²) in [7, 11) is 0. The number of allylic oxidation sites excluding steroid dienone is 2. The van der Waals surface area contributed by atoms with Crippen LogP contribution in [-0.4, -0.2) is 43.3 Å². The van der Waals surface area contributed by atoms with Crippen LogP contribution in [0.2, 0.25) is 0 Å². The molecule has 1 aliphatic rings. The van der Waals surface area contributed by atoms with Gasteiger partial charge in [0.05, 0.1) is 12.7 Å². The molecule has 0 spiro atoms. The summed E-state index contributed by atoms with van der Waals surface area (Å²) >= 11 is 0. The molecule has 1 aliphatic carbocycles. The van der Waals surface area contributed by atoms with Crippen molar-refractivity contribution in [1.82, 2.24) is 0 Å². The van der Waals surface area contributed by atoms with Gasteiger partial charge in [-0.3, -0.25) is 6.08 Å². The van der Waals surface area contributed by atoms with Gasteiger partial charge in [0.25, 0.3) is 0 Å². The fourth-order valence-corrected chi connectivity index (χ4v) is 0.749. The largest absolute Gasteiger partial charge is 0.393 e. The van der Waals surface area contributed by atoms with Gasteiger partial charge in [0.1, 0.15) is 20.4 Å². The molecule has 0 saturated heterocycles. The zero-order chi connectivity index (χ0) is 12.7. The van der Waals surface area contributed by atoms with Crippen molar-refractivity contribution in [3.63, 3.8) is 0 Å². The van der Waals surface area contributed by atoms with E-state index < -0.39 is 6.10 Å². The second kappa shape index (κ2) is 23.6. The Balaban J connectivity index is -0.0000000900. The molecule has 0 heterocycles. The SMILES string of the molecule is C=O.C=O.C=O.OCC(O)C1=[C-]CC=C1.[Mn]. The number of aliphatic hydroxyl groups excluding tert-OH is 2. The summed E-state index contributed by atoms with van der Waals surface area (Å²) in [5.74, 6) is 0. The molecular formula is C10H15MnO5-. The molecule has 0 aromatic heterocycles. The number of rotatable bonds is 2. The molecule has 0 amide bonds. The molecule has 0 bridgehead atoms. The predicted octanol–water partition coefficient (Wildman–Crippen LogP) is -0.528. The number of hydrogen-bond acceptors (Lipinski definition) is 5. The zero-order valence-electron chi connectivity index (χ0n) is 8.76. The first-order chi connectivity index (χ1) is 7.34. The second-order valence-electron chi connectivity index (χ2n) is 1.94. The summed E-state index contributed by atoms with van der Waals surface area (Å²) < 4.78 is 0. The first-order valence-corrected chi connectivity index (χ1v) is 3.77. The standard InChI is InChI=1S/C7H9O2.3CH2O.Mn/c8-5-7(9)6-3-1-2-4-6;3*1-2;/h1,3,7-9H,2,5H2;3*1H2;/q-1;;;;. The third kappa shape index (κ3) is 12.9. The average molecular weight is 270 g/mol. The minimum Gasteiger partial charge on any atom is -0.393 e. The van der Waals surface area contributed by atoms with Gasteiger partial charge in [0.15, 0.2) is 0 Å². The van der Waals surface area contributed by atoms with E-state index in [1.165, 1.54) is 0 Å². The molecule has 5 nitrogen and oxygen atoms in total. The van der Waals surface area contributed by atoms with Crippen LogP contribution in [0.3, 0.4) is 0 Å². The molecule has 93 valence electrons. The normalized spacial score (nSPS) is 12.0. The molecule has 0 aromatic carbocycles. The van der Waals surface area contributed by atoms with Gasteiger partial charge < -0.3 is 24.6 Å². The topological polar surface area (TPSA) is 91.7 Å². The predicted molar refractivity (Wildman–Crippen MR) is 55.0 cm³/mol. The van der Waals surface area contributed by atoms with Crippen LogP contribution < -0.4 is 0 Å². The smallest absolute Gasteiger partial charge is 0.106 e. The summed E-state index contributed by atoms with van der Waals surface area (Å²) in [5.41, 5.74) is 0.706. The first kappa shape index (κ1) is 24.3. The monoisotopic (exact) mass is 270 g/mol. The third-order valence-electron chi connectivity index (χ3n) is 1.25. The van der Waals surface area contributed by atoms with Gasteiger partial charge in [0.2, 0.25) is 0 Å². The van der Waals surface area contributed by atoms with Gasteiger partial charge in [-0.1, -0.05) is 0 Å². The van der Waals surface area contributed by atoms with Crippen molar-refractivity contribution in [2.45, 2.75) is 12.5 Å². The molecule has 1 rings (SSSR count). The molecule has 1 atom stereocenters. The third-order valence-corrected chi connectivity index (χ3v) is 1.25. The van der Waals surface area contributed by atoms with E-state index in [4.69, 9.17) is 24.6 Å². The van der Waals surface area contributed by atoms with Crippen molar-refractivity contribution in [3.8, 4) is 0 Å². The number of hydrogen-bond donors (Lipinski definition) is 2. The second-order valence-corrected chi connectivity index (χ2v) is 1.94. The van der Waals surface area contributed by atoms with Gasteiger partial charge in [-0.25, -0.2) is 6.08 Å². The number of carbonyl (C=O) groups excluding carboxylic acids is 3. The Hall–Kier alpha value is -1.07. The minimum absolute atomic E-state index is 0. The summed E-state index contributed by atoms with van der Waals surface area (Å²) in [6.45, 7) is 5.78. The Kier molecular flexibility index (Phi) is 35.8. The fourth-order valence-electron chi connectivity index (χ4n) is 0.749. The zero-order valence-corrected chi connectivity index (χ0v) is 9.95. The minimum atomic E-state index is -0.733. The van der Waals surface area contributed by atoms with E-state index in [2.05, 4.69) is 6.08 Å². The van der Waals surface area contributed by atoms with Crippen molar-refractivity contribution < 1.29 is 41.7 Å². The van der Waals surface area contributed by atoms with Crippen LogP contribution >= 0.6 is 0 Å². The maximum Gasteiger partial charge on any atom is 0.106 e. The van der Waals surface area contributed by atoms with E-state index >= 15 is 0 Å². The van der Waals surface area contributed by atoms with Gasteiger partial charge >= 0.3 is 0 Å². The van der Waals surface area contributed by atoms with E-state index in [0.717, 1.165) is 6.42 Å².